The minimum Gasteiger partial charge on any atom is -0.356 e. The van der Waals surface area contributed by atoms with E-state index in [1.807, 2.05) is 30.5 Å². The Kier molecular flexibility index (Phi) is 4.27. The second-order valence-corrected chi connectivity index (χ2v) is 7.93. The molecule has 0 saturated carbocycles. The minimum absolute atomic E-state index is 0.0448. The Bertz CT molecular complexity index is 1340. The number of rotatable bonds is 3. The Hall–Kier alpha value is -3.92. The standard InChI is InChI=1S/C27H22N4/c1-3-9-19(10-4-1)23-15-17-28-27(30-23)31-18-16-22-21-13-7-8-14-24(21)29-25(22)26(31)20-11-5-2-6-12-20/h1-15,17,26,29H,16,18H2. The average Bonchev–Trinajstić information content (AvgIpc) is 3.23. The number of fused-ring (bicyclic) bond motifs is 3. The van der Waals surface area contributed by atoms with Crippen LogP contribution in [0, 0.1) is 0 Å². The van der Waals surface area contributed by atoms with Crippen LogP contribution in [0.5, 0.6) is 0 Å². The highest BCUT2D eigenvalue weighted by atomic mass is 15.3. The number of aromatic amines is 1. The molecule has 5 aromatic rings. The predicted molar refractivity (Wildman–Crippen MR) is 125 cm³/mol. The van der Waals surface area contributed by atoms with Crippen LogP contribution in [0.15, 0.2) is 97.2 Å². The summed E-state index contributed by atoms with van der Waals surface area (Å²) in [6.45, 7) is 0.868. The fourth-order valence-electron chi connectivity index (χ4n) is 4.69. The molecule has 1 aliphatic rings. The van der Waals surface area contributed by atoms with E-state index in [0.29, 0.717) is 0 Å². The van der Waals surface area contributed by atoms with E-state index in [9.17, 15) is 0 Å². The van der Waals surface area contributed by atoms with Crippen molar-refractivity contribution in [2.45, 2.75) is 12.5 Å². The van der Waals surface area contributed by atoms with E-state index in [1.54, 1.807) is 0 Å². The van der Waals surface area contributed by atoms with Crippen LogP contribution >= 0.6 is 0 Å². The average molecular weight is 403 g/mol. The lowest BCUT2D eigenvalue weighted by Gasteiger charge is -2.36. The highest BCUT2D eigenvalue weighted by Crippen LogP contribution is 2.39. The van der Waals surface area contributed by atoms with E-state index in [2.05, 4.69) is 76.6 Å². The molecular weight excluding hydrogens is 380 g/mol. The van der Waals surface area contributed by atoms with Crippen molar-refractivity contribution in [3.63, 3.8) is 0 Å². The zero-order chi connectivity index (χ0) is 20.6. The normalized spacial score (nSPS) is 15.7. The number of nitrogens with one attached hydrogen (secondary N) is 1. The summed E-state index contributed by atoms with van der Waals surface area (Å²) in [5.74, 6) is 0.763. The van der Waals surface area contributed by atoms with Gasteiger partial charge in [0.15, 0.2) is 0 Å². The number of benzene rings is 3. The first-order chi connectivity index (χ1) is 15.4. The Morgan fingerprint density at radius 3 is 2.39 bits per heavy atom. The lowest BCUT2D eigenvalue weighted by molar-refractivity contribution is 0.627. The highest BCUT2D eigenvalue weighted by Gasteiger charge is 2.33. The second-order valence-electron chi connectivity index (χ2n) is 7.93. The monoisotopic (exact) mass is 402 g/mol. The van der Waals surface area contributed by atoms with Gasteiger partial charge in [0.1, 0.15) is 0 Å². The van der Waals surface area contributed by atoms with Crippen LogP contribution in [0.3, 0.4) is 0 Å². The number of nitrogens with zero attached hydrogens (tertiary/aromatic N) is 3. The van der Waals surface area contributed by atoms with Crippen molar-refractivity contribution in [3.05, 3.63) is 114 Å². The molecule has 2 aromatic heterocycles. The highest BCUT2D eigenvalue weighted by molar-refractivity contribution is 5.85. The van der Waals surface area contributed by atoms with E-state index in [1.165, 1.54) is 27.7 Å². The Morgan fingerprint density at radius 1 is 0.806 bits per heavy atom. The molecule has 31 heavy (non-hydrogen) atoms. The zero-order valence-electron chi connectivity index (χ0n) is 17.1. The fraction of sp³-hybridized carbons (Fsp3) is 0.111. The van der Waals surface area contributed by atoms with E-state index in [-0.39, 0.29) is 6.04 Å². The maximum Gasteiger partial charge on any atom is 0.226 e. The summed E-state index contributed by atoms with van der Waals surface area (Å²) < 4.78 is 0. The van der Waals surface area contributed by atoms with Crippen LogP contribution in [-0.4, -0.2) is 21.5 Å². The zero-order valence-corrected chi connectivity index (χ0v) is 17.1. The van der Waals surface area contributed by atoms with E-state index >= 15 is 0 Å². The Morgan fingerprint density at radius 2 is 1.55 bits per heavy atom. The van der Waals surface area contributed by atoms with Crippen LogP contribution in [0.1, 0.15) is 22.9 Å². The molecule has 0 spiro atoms. The van der Waals surface area contributed by atoms with Crippen LogP contribution in [-0.2, 0) is 6.42 Å². The van der Waals surface area contributed by atoms with Crippen LogP contribution in [0.25, 0.3) is 22.2 Å². The predicted octanol–water partition coefficient (Wildman–Crippen LogP) is 5.78. The van der Waals surface area contributed by atoms with Gasteiger partial charge in [-0.05, 0) is 29.7 Å². The first kappa shape index (κ1) is 17.9. The van der Waals surface area contributed by atoms with Crippen LogP contribution in [0.2, 0.25) is 0 Å². The van der Waals surface area contributed by atoms with Gasteiger partial charge in [-0.1, -0.05) is 78.9 Å². The van der Waals surface area contributed by atoms with Gasteiger partial charge >= 0.3 is 0 Å². The fourth-order valence-corrected chi connectivity index (χ4v) is 4.69. The largest absolute Gasteiger partial charge is 0.356 e. The first-order valence-corrected chi connectivity index (χ1v) is 10.7. The quantitative estimate of drug-likeness (QED) is 0.416. The molecule has 4 nitrogen and oxygen atoms in total. The van der Waals surface area contributed by atoms with Crippen molar-refractivity contribution in [1.82, 2.24) is 15.0 Å². The number of hydrogen-bond donors (Lipinski definition) is 1. The third-order valence-corrected chi connectivity index (χ3v) is 6.12. The summed E-state index contributed by atoms with van der Waals surface area (Å²) in [5.41, 5.74) is 7.12. The molecule has 4 heteroatoms. The van der Waals surface area contributed by atoms with Crippen molar-refractivity contribution in [1.29, 1.82) is 0 Å². The van der Waals surface area contributed by atoms with Crippen molar-refractivity contribution in [2.24, 2.45) is 0 Å². The van der Waals surface area contributed by atoms with Gasteiger partial charge in [-0.25, -0.2) is 9.97 Å². The SMILES string of the molecule is c1ccc(-c2ccnc(N3CCc4c([nH]c5ccccc45)C3c3ccccc3)n2)cc1. The van der Waals surface area contributed by atoms with Gasteiger partial charge < -0.3 is 9.88 Å². The van der Waals surface area contributed by atoms with Gasteiger partial charge in [-0.15, -0.1) is 0 Å². The molecule has 1 unspecified atom stereocenters. The Balaban J connectivity index is 1.50. The lowest BCUT2D eigenvalue weighted by Crippen LogP contribution is -2.37. The summed E-state index contributed by atoms with van der Waals surface area (Å²) in [6.07, 6.45) is 2.83. The number of aromatic nitrogens is 3. The molecule has 6 rings (SSSR count). The van der Waals surface area contributed by atoms with Gasteiger partial charge in [-0.3, -0.25) is 0 Å². The smallest absolute Gasteiger partial charge is 0.226 e. The number of anilines is 1. The maximum absolute atomic E-state index is 4.97. The molecule has 1 atom stereocenters. The van der Waals surface area contributed by atoms with Crippen molar-refractivity contribution < 1.29 is 0 Å². The number of para-hydroxylation sites is 1. The molecule has 1 N–H and O–H groups in total. The van der Waals surface area contributed by atoms with E-state index in [0.717, 1.165) is 30.2 Å². The van der Waals surface area contributed by atoms with Crippen LogP contribution in [0.4, 0.5) is 5.95 Å². The second kappa shape index (κ2) is 7.40. The van der Waals surface area contributed by atoms with Crippen molar-refractivity contribution in [3.8, 4) is 11.3 Å². The molecule has 0 fully saturated rings. The van der Waals surface area contributed by atoms with Gasteiger partial charge in [0.25, 0.3) is 0 Å². The molecule has 150 valence electrons. The van der Waals surface area contributed by atoms with Gasteiger partial charge in [-0.2, -0.15) is 0 Å². The van der Waals surface area contributed by atoms with Gasteiger partial charge in [0.2, 0.25) is 5.95 Å². The first-order valence-electron chi connectivity index (χ1n) is 10.7. The molecular formula is C27H22N4. The minimum atomic E-state index is 0.0448. The van der Waals surface area contributed by atoms with Gasteiger partial charge in [0, 0.05) is 34.9 Å². The summed E-state index contributed by atoms with van der Waals surface area (Å²) in [5, 5.41) is 1.32. The van der Waals surface area contributed by atoms with E-state index < -0.39 is 0 Å². The third-order valence-electron chi connectivity index (χ3n) is 6.12. The number of H-pyrrole nitrogens is 1. The van der Waals surface area contributed by atoms with Crippen molar-refractivity contribution in [2.75, 3.05) is 11.4 Å². The Labute approximate surface area is 181 Å². The van der Waals surface area contributed by atoms with Crippen molar-refractivity contribution >= 4 is 16.9 Å². The molecule has 0 radical (unpaired) electrons. The molecule has 0 amide bonds. The molecule has 0 saturated heterocycles. The number of hydrogen-bond acceptors (Lipinski definition) is 3. The maximum atomic E-state index is 4.97. The molecule has 3 aromatic carbocycles. The van der Waals surface area contributed by atoms with Crippen LogP contribution < -0.4 is 4.90 Å². The lowest BCUT2D eigenvalue weighted by atomic mass is 9.92. The summed E-state index contributed by atoms with van der Waals surface area (Å²) in [6, 6.07) is 31.6. The molecule has 1 aliphatic heterocycles. The summed E-state index contributed by atoms with van der Waals surface area (Å²) in [7, 11) is 0. The molecule has 0 bridgehead atoms. The third kappa shape index (κ3) is 3.08. The van der Waals surface area contributed by atoms with Gasteiger partial charge in [0.05, 0.1) is 11.7 Å². The molecule has 3 heterocycles. The summed E-state index contributed by atoms with van der Waals surface area (Å²) in [4.78, 5) is 15.7. The van der Waals surface area contributed by atoms with E-state index in [4.69, 9.17) is 9.97 Å². The summed E-state index contributed by atoms with van der Waals surface area (Å²) >= 11 is 0. The topological polar surface area (TPSA) is 44.8 Å². The molecule has 0 aliphatic carbocycles.